The second-order valence-corrected chi connectivity index (χ2v) is 5.32. The molecule has 0 radical (unpaired) electrons. The van der Waals surface area contributed by atoms with Crippen LogP contribution in [0.1, 0.15) is 40.5 Å². The van der Waals surface area contributed by atoms with E-state index in [0.29, 0.717) is 12.8 Å². The monoisotopic (exact) mass is 256 g/mol. The molecular weight excluding hydrogens is 232 g/mol. The Morgan fingerprint density at radius 1 is 0.833 bits per heavy atom. The van der Waals surface area contributed by atoms with Crippen LogP contribution in [0.25, 0.3) is 0 Å². The second-order valence-electron chi connectivity index (χ2n) is 5.32. The van der Waals surface area contributed by atoms with Gasteiger partial charge in [-0.3, -0.25) is 9.59 Å². The van der Waals surface area contributed by atoms with Gasteiger partial charge in [-0.25, -0.2) is 0 Å². The SMILES string of the molecule is CC(C)C(C/C=C/CC(C(=O)O)C(C)C)C(=O)O. The molecule has 104 valence electrons. The predicted octanol–water partition coefficient (Wildman–Crippen LogP) is 3.04. The van der Waals surface area contributed by atoms with Crippen LogP contribution in [0.15, 0.2) is 12.2 Å². The molecule has 0 heterocycles. The second kappa shape index (κ2) is 7.90. The molecule has 0 aliphatic heterocycles. The Bertz CT molecular complexity index is 275. The zero-order valence-corrected chi connectivity index (χ0v) is 11.6. The van der Waals surface area contributed by atoms with Gasteiger partial charge in [-0.15, -0.1) is 0 Å². The van der Waals surface area contributed by atoms with Crippen molar-refractivity contribution < 1.29 is 19.8 Å². The average Bonchev–Trinajstić information content (AvgIpc) is 2.20. The molecule has 0 amide bonds. The minimum atomic E-state index is -0.798. The first-order valence-electron chi connectivity index (χ1n) is 6.38. The van der Waals surface area contributed by atoms with Gasteiger partial charge in [-0.05, 0) is 24.7 Å². The largest absolute Gasteiger partial charge is 0.481 e. The third-order valence-electron chi connectivity index (χ3n) is 3.19. The number of carboxylic acids is 2. The molecule has 0 spiro atoms. The zero-order chi connectivity index (χ0) is 14.3. The van der Waals surface area contributed by atoms with Gasteiger partial charge in [-0.2, -0.15) is 0 Å². The van der Waals surface area contributed by atoms with E-state index in [2.05, 4.69) is 0 Å². The van der Waals surface area contributed by atoms with E-state index in [0.717, 1.165) is 0 Å². The van der Waals surface area contributed by atoms with Gasteiger partial charge < -0.3 is 10.2 Å². The van der Waals surface area contributed by atoms with Crippen LogP contribution in [0.4, 0.5) is 0 Å². The van der Waals surface area contributed by atoms with E-state index < -0.39 is 23.8 Å². The lowest BCUT2D eigenvalue weighted by Gasteiger charge is -2.15. The molecule has 0 aromatic heterocycles. The summed E-state index contributed by atoms with van der Waals surface area (Å²) >= 11 is 0. The molecule has 2 N–H and O–H groups in total. The highest BCUT2D eigenvalue weighted by Gasteiger charge is 2.21. The van der Waals surface area contributed by atoms with E-state index in [1.807, 2.05) is 27.7 Å². The molecule has 18 heavy (non-hydrogen) atoms. The van der Waals surface area contributed by atoms with Crippen molar-refractivity contribution >= 4 is 11.9 Å². The highest BCUT2D eigenvalue weighted by atomic mass is 16.4. The van der Waals surface area contributed by atoms with Crippen molar-refractivity contribution in [1.82, 2.24) is 0 Å². The van der Waals surface area contributed by atoms with Crippen molar-refractivity contribution in [1.29, 1.82) is 0 Å². The fourth-order valence-electron chi connectivity index (χ4n) is 1.80. The third kappa shape index (κ3) is 5.84. The summed E-state index contributed by atoms with van der Waals surface area (Å²) in [6.45, 7) is 7.50. The summed E-state index contributed by atoms with van der Waals surface area (Å²) < 4.78 is 0. The summed E-state index contributed by atoms with van der Waals surface area (Å²) in [5, 5.41) is 18.0. The van der Waals surface area contributed by atoms with Crippen LogP contribution in [-0.2, 0) is 9.59 Å². The maximum atomic E-state index is 11.0. The van der Waals surface area contributed by atoms with Gasteiger partial charge in [0.25, 0.3) is 0 Å². The van der Waals surface area contributed by atoms with Gasteiger partial charge in [0.1, 0.15) is 0 Å². The van der Waals surface area contributed by atoms with Crippen molar-refractivity contribution in [2.75, 3.05) is 0 Å². The van der Waals surface area contributed by atoms with Crippen LogP contribution in [0.5, 0.6) is 0 Å². The van der Waals surface area contributed by atoms with Crippen molar-refractivity contribution in [3.8, 4) is 0 Å². The van der Waals surface area contributed by atoms with Gasteiger partial charge in [0.2, 0.25) is 0 Å². The lowest BCUT2D eigenvalue weighted by molar-refractivity contribution is -0.144. The molecule has 0 saturated carbocycles. The van der Waals surface area contributed by atoms with Crippen molar-refractivity contribution in [3.63, 3.8) is 0 Å². The molecule has 0 aliphatic carbocycles. The van der Waals surface area contributed by atoms with E-state index >= 15 is 0 Å². The van der Waals surface area contributed by atoms with Gasteiger partial charge in [0.15, 0.2) is 0 Å². The van der Waals surface area contributed by atoms with Gasteiger partial charge in [0, 0.05) is 0 Å². The van der Waals surface area contributed by atoms with Gasteiger partial charge >= 0.3 is 11.9 Å². The van der Waals surface area contributed by atoms with Gasteiger partial charge in [0.05, 0.1) is 11.8 Å². The molecule has 4 nitrogen and oxygen atoms in total. The lowest BCUT2D eigenvalue weighted by atomic mass is 9.90. The Balaban J connectivity index is 4.32. The van der Waals surface area contributed by atoms with Crippen LogP contribution in [0.3, 0.4) is 0 Å². The summed E-state index contributed by atoms with van der Waals surface area (Å²) in [4.78, 5) is 21.9. The Kier molecular flexibility index (Phi) is 7.32. The first-order valence-corrected chi connectivity index (χ1v) is 6.38. The van der Waals surface area contributed by atoms with E-state index in [-0.39, 0.29) is 11.8 Å². The fourth-order valence-corrected chi connectivity index (χ4v) is 1.80. The van der Waals surface area contributed by atoms with Crippen molar-refractivity contribution in [2.45, 2.75) is 40.5 Å². The summed E-state index contributed by atoms with van der Waals surface area (Å²) in [6, 6.07) is 0. The maximum Gasteiger partial charge on any atom is 0.307 e. The highest BCUT2D eigenvalue weighted by Crippen LogP contribution is 2.19. The van der Waals surface area contributed by atoms with Crippen LogP contribution >= 0.6 is 0 Å². The standard InChI is InChI=1S/C14H24O4/c1-9(2)11(13(15)16)7-5-6-8-12(10(3)4)14(17)18/h5-6,9-12H,7-8H2,1-4H3,(H,15,16)(H,17,18)/b6-5+. The van der Waals surface area contributed by atoms with E-state index in [1.165, 1.54) is 0 Å². The molecule has 0 rings (SSSR count). The predicted molar refractivity (Wildman–Crippen MR) is 70.3 cm³/mol. The summed E-state index contributed by atoms with van der Waals surface area (Å²) in [6.07, 6.45) is 4.49. The summed E-state index contributed by atoms with van der Waals surface area (Å²) in [7, 11) is 0. The summed E-state index contributed by atoms with van der Waals surface area (Å²) in [5.41, 5.74) is 0. The normalized spacial score (nSPS) is 15.2. The molecule has 0 bridgehead atoms. The van der Waals surface area contributed by atoms with E-state index in [4.69, 9.17) is 10.2 Å². The molecule has 4 heteroatoms. The first-order chi connectivity index (χ1) is 8.27. The van der Waals surface area contributed by atoms with Crippen molar-refractivity contribution in [3.05, 3.63) is 12.2 Å². The maximum absolute atomic E-state index is 11.0. The zero-order valence-electron chi connectivity index (χ0n) is 11.6. The molecule has 2 atom stereocenters. The molecule has 0 aromatic rings. The Hall–Kier alpha value is -1.32. The Morgan fingerprint density at radius 2 is 1.11 bits per heavy atom. The number of hydrogen-bond acceptors (Lipinski definition) is 2. The molecule has 0 aromatic carbocycles. The number of carbonyl (C=O) groups is 2. The third-order valence-corrected chi connectivity index (χ3v) is 3.19. The lowest BCUT2D eigenvalue weighted by Crippen LogP contribution is -2.19. The van der Waals surface area contributed by atoms with Crippen LogP contribution in [0, 0.1) is 23.7 Å². The fraction of sp³-hybridized carbons (Fsp3) is 0.714. The van der Waals surface area contributed by atoms with Crippen LogP contribution in [0.2, 0.25) is 0 Å². The van der Waals surface area contributed by atoms with E-state index in [1.54, 1.807) is 12.2 Å². The topological polar surface area (TPSA) is 74.6 Å². The minimum Gasteiger partial charge on any atom is -0.481 e. The average molecular weight is 256 g/mol. The molecule has 0 aliphatic rings. The van der Waals surface area contributed by atoms with Crippen molar-refractivity contribution in [2.24, 2.45) is 23.7 Å². The smallest absolute Gasteiger partial charge is 0.307 e. The number of aliphatic carboxylic acids is 2. The number of hydrogen-bond donors (Lipinski definition) is 2. The molecule has 2 unspecified atom stereocenters. The van der Waals surface area contributed by atoms with E-state index in [9.17, 15) is 9.59 Å². The highest BCUT2D eigenvalue weighted by molar-refractivity contribution is 5.71. The Labute approximate surface area is 109 Å². The first kappa shape index (κ1) is 16.7. The quantitative estimate of drug-likeness (QED) is 0.654. The Morgan fingerprint density at radius 3 is 1.28 bits per heavy atom. The van der Waals surface area contributed by atoms with Gasteiger partial charge in [-0.1, -0.05) is 39.8 Å². The number of rotatable bonds is 8. The minimum absolute atomic E-state index is 0.0764. The molecule has 0 fully saturated rings. The summed E-state index contributed by atoms with van der Waals surface area (Å²) in [5.74, 6) is -2.24. The number of carboxylic acid groups (broad SMARTS) is 2. The number of allylic oxidation sites excluding steroid dienone is 2. The van der Waals surface area contributed by atoms with Crippen LogP contribution < -0.4 is 0 Å². The molecular formula is C14H24O4. The molecule has 0 saturated heterocycles. The van der Waals surface area contributed by atoms with Crippen LogP contribution in [-0.4, -0.2) is 22.2 Å².